The fourth-order valence-electron chi connectivity index (χ4n) is 4.24. The van der Waals surface area contributed by atoms with Gasteiger partial charge in [0.05, 0.1) is 6.54 Å². The molecule has 168 valence electrons. The molecule has 2 fully saturated rings. The van der Waals surface area contributed by atoms with E-state index in [4.69, 9.17) is 0 Å². The number of carbonyl (C=O) groups excluding carboxylic acids is 3. The Morgan fingerprint density at radius 1 is 0.938 bits per heavy atom. The van der Waals surface area contributed by atoms with Crippen LogP contribution in [0.1, 0.15) is 41.3 Å². The van der Waals surface area contributed by atoms with Gasteiger partial charge in [-0.05, 0) is 54.9 Å². The Bertz CT molecular complexity index is 994. The highest BCUT2D eigenvalue weighted by atomic mass is 16.2. The Morgan fingerprint density at radius 2 is 1.59 bits per heavy atom. The molecule has 2 aliphatic heterocycles. The van der Waals surface area contributed by atoms with Crippen molar-refractivity contribution in [2.45, 2.75) is 33.2 Å². The number of nitrogens with one attached hydrogen (secondary N) is 1. The lowest BCUT2D eigenvalue weighted by atomic mass is 10.1. The largest absolute Gasteiger partial charge is 0.369 e. The van der Waals surface area contributed by atoms with Crippen LogP contribution in [-0.4, -0.2) is 60.2 Å². The van der Waals surface area contributed by atoms with Crippen LogP contribution >= 0.6 is 0 Å². The molecular formula is C25H30N4O3. The standard InChI is InChI=1S/C25H30N4O3/c1-3-27-12-14-28(15-13-27)21-8-9-22(18(2)16-21)26-25(32)20-6-4-19(5-7-20)17-29-23(30)10-11-24(29)31/h4-9,16H,3,10-15,17H2,1-2H3,(H,26,32). The number of carbonyl (C=O) groups is 3. The molecule has 7 heteroatoms. The Labute approximate surface area is 189 Å². The molecule has 0 unspecified atom stereocenters. The molecule has 0 atom stereocenters. The summed E-state index contributed by atoms with van der Waals surface area (Å²) in [6, 6.07) is 13.2. The van der Waals surface area contributed by atoms with Gasteiger partial charge in [0.15, 0.2) is 0 Å². The Kier molecular flexibility index (Phi) is 6.55. The molecule has 0 saturated carbocycles. The van der Waals surface area contributed by atoms with E-state index in [2.05, 4.69) is 34.2 Å². The predicted octanol–water partition coefficient (Wildman–Crippen LogP) is 3.04. The van der Waals surface area contributed by atoms with Crippen molar-refractivity contribution in [1.29, 1.82) is 0 Å². The first-order valence-electron chi connectivity index (χ1n) is 11.3. The highest BCUT2D eigenvalue weighted by molar-refractivity contribution is 6.05. The van der Waals surface area contributed by atoms with Gasteiger partial charge in [-0.3, -0.25) is 19.3 Å². The number of amides is 3. The van der Waals surface area contributed by atoms with Gasteiger partial charge in [-0.15, -0.1) is 0 Å². The molecule has 2 heterocycles. The van der Waals surface area contributed by atoms with Crippen molar-refractivity contribution in [3.63, 3.8) is 0 Å². The van der Waals surface area contributed by atoms with Gasteiger partial charge >= 0.3 is 0 Å². The summed E-state index contributed by atoms with van der Waals surface area (Å²) < 4.78 is 0. The third-order valence-corrected chi connectivity index (χ3v) is 6.35. The number of aryl methyl sites for hydroxylation is 1. The van der Waals surface area contributed by atoms with Crippen molar-refractivity contribution in [2.24, 2.45) is 0 Å². The number of likely N-dealkylation sites (N-methyl/N-ethyl adjacent to an activating group) is 1. The van der Waals surface area contributed by atoms with Crippen LogP contribution in [-0.2, 0) is 16.1 Å². The van der Waals surface area contributed by atoms with E-state index < -0.39 is 0 Å². The van der Waals surface area contributed by atoms with E-state index >= 15 is 0 Å². The average Bonchev–Trinajstić information content (AvgIpc) is 3.13. The minimum absolute atomic E-state index is 0.136. The van der Waals surface area contributed by atoms with Crippen LogP contribution in [0.4, 0.5) is 11.4 Å². The zero-order chi connectivity index (χ0) is 22.7. The third-order valence-electron chi connectivity index (χ3n) is 6.35. The highest BCUT2D eigenvalue weighted by Crippen LogP contribution is 2.24. The van der Waals surface area contributed by atoms with E-state index in [1.807, 2.05) is 13.0 Å². The molecule has 32 heavy (non-hydrogen) atoms. The first-order chi connectivity index (χ1) is 15.4. The number of piperazine rings is 1. The smallest absolute Gasteiger partial charge is 0.255 e. The molecule has 1 N–H and O–H groups in total. The van der Waals surface area contributed by atoms with Gasteiger partial charge in [-0.2, -0.15) is 0 Å². The van der Waals surface area contributed by atoms with Gasteiger partial charge in [0.25, 0.3) is 5.91 Å². The molecule has 2 aliphatic rings. The van der Waals surface area contributed by atoms with Crippen LogP contribution in [0.25, 0.3) is 0 Å². The maximum Gasteiger partial charge on any atom is 0.255 e. The molecule has 2 saturated heterocycles. The van der Waals surface area contributed by atoms with Crippen LogP contribution in [0.15, 0.2) is 42.5 Å². The van der Waals surface area contributed by atoms with Crippen LogP contribution in [0.3, 0.4) is 0 Å². The second-order valence-electron chi connectivity index (χ2n) is 8.45. The van der Waals surface area contributed by atoms with Crippen LogP contribution in [0.5, 0.6) is 0 Å². The molecule has 2 aromatic rings. The van der Waals surface area contributed by atoms with Gasteiger partial charge in [0.1, 0.15) is 0 Å². The van der Waals surface area contributed by atoms with Crippen molar-refractivity contribution in [3.05, 3.63) is 59.2 Å². The lowest BCUT2D eigenvalue weighted by Crippen LogP contribution is -2.46. The Morgan fingerprint density at radius 3 is 2.19 bits per heavy atom. The first-order valence-corrected chi connectivity index (χ1v) is 11.3. The molecule has 7 nitrogen and oxygen atoms in total. The van der Waals surface area contributed by atoms with Crippen molar-refractivity contribution in [1.82, 2.24) is 9.80 Å². The SMILES string of the molecule is CCN1CCN(c2ccc(NC(=O)c3ccc(CN4C(=O)CCC4=O)cc3)c(C)c2)CC1. The van der Waals surface area contributed by atoms with Gasteiger partial charge < -0.3 is 15.1 Å². The minimum atomic E-state index is -0.183. The number of likely N-dealkylation sites (tertiary alicyclic amines) is 1. The number of nitrogens with zero attached hydrogens (tertiary/aromatic N) is 3. The number of benzene rings is 2. The van der Waals surface area contributed by atoms with Crippen molar-refractivity contribution < 1.29 is 14.4 Å². The van der Waals surface area contributed by atoms with Crippen molar-refractivity contribution >= 4 is 29.1 Å². The fourth-order valence-corrected chi connectivity index (χ4v) is 4.24. The second-order valence-corrected chi connectivity index (χ2v) is 8.45. The van der Waals surface area contributed by atoms with E-state index in [1.54, 1.807) is 24.3 Å². The van der Waals surface area contributed by atoms with E-state index in [9.17, 15) is 14.4 Å². The van der Waals surface area contributed by atoms with E-state index in [1.165, 1.54) is 10.6 Å². The number of rotatable bonds is 6. The highest BCUT2D eigenvalue weighted by Gasteiger charge is 2.28. The summed E-state index contributed by atoms with van der Waals surface area (Å²) in [6.45, 7) is 9.73. The summed E-state index contributed by atoms with van der Waals surface area (Å²) >= 11 is 0. The molecule has 3 amide bonds. The molecular weight excluding hydrogens is 404 g/mol. The van der Waals surface area contributed by atoms with Gasteiger partial charge in [0.2, 0.25) is 11.8 Å². The fraction of sp³-hybridized carbons (Fsp3) is 0.400. The molecule has 0 aromatic heterocycles. The van der Waals surface area contributed by atoms with Gasteiger partial charge in [-0.1, -0.05) is 19.1 Å². The molecule has 0 aliphatic carbocycles. The van der Waals surface area contributed by atoms with Gasteiger partial charge in [0, 0.05) is 56.0 Å². The predicted molar refractivity (Wildman–Crippen MR) is 125 cm³/mol. The molecule has 0 radical (unpaired) electrons. The molecule has 0 bridgehead atoms. The van der Waals surface area contributed by atoms with Crippen LogP contribution in [0, 0.1) is 6.92 Å². The second kappa shape index (κ2) is 9.53. The normalized spacial score (nSPS) is 17.2. The summed E-state index contributed by atoms with van der Waals surface area (Å²) in [5, 5.41) is 3.00. The van der Waals surface area contributed by atoms with Crippen molar-refractivity contribution in [2.75, 3.05) is 42.9 Å². The van der Waals surface area contributed by atoms with E-state index in [-0.39, 0.29) is 37.1 Å². The summed E-state index contributed by atoms with van der Waals surface area (Å²) in [5.74, 6) is -0.455. The average molecular weight is 435 g/mol. The van der Waals surface area contributed by atoms with E-state index in [0.717, 1.165) is 49.5 Å². The molecule has 2 aromatic carbocycles. The zero-order valence-corrected chi connectivity index (χ0v) is 18.8. The van der Waals surface area contributed by atoms with E-state index in [0.29, 0.717) is 5.56 Å². The lowest BCUT2D eigenvalue weighted by molar-refractivity contribution is -0.139. The van der Waals surface area contributed by atoms with Crippen LogP contribution in [0.2, 0.25) is 0 Å². The van der Waals surface area contributed by atoms with Crippen molar-refractivity contribution in [3.8, 4) is 0 Å². The quantitative estimate of drug-likeness (QED) is 0.708. The summed E-state index contributed by atoms with van der Waals surface area (Å²) in [4.78, 5) is 42.4. The number of anilines is 2. The Balaban J connectivity index is 1.37. The lowest BCUT2D eigenvalue weighted by Gasteiger charge is -2.35. The van der Waals surface area contributed by atoms with Gasteiger partial charge in [-0.25, -0.2) is 0 Å². The number of imide groups is 1. The third kappa shape index (κ3) is 4.83. The van der Waals surface area contributed by atoms with Crippen LogP contribution < -0.4 is 10.2 Å². The maximum atomic E-state index is 12.7. The summed E-state index contributed by atoms with van der Waals surface area (Å²) in [5.41, 5.74) is 4.37. The summed E-state index contributed by atoms with van der Waals surface area (Å²) in [6.07, 6.45) is 0.568. The molecule has 0 spiro atoms. The number of hydrogen-bond acceptors (Lipinski definition) is 5. The topological polar surface area (TPSA) is 73.0 Å². The first kappa shape index (κ1) is 22.0. The monoisotopic (exact) mass is 434 g/mol. The maximum absolute atomic E-state index is 12.7. The zero-order valence-electron chi connectivity index (χ0n) is 18.8. The number of hydrogen-bond donors (Lipinski definition) is 1. The minimum Gasteiger partial charge on any atom is -0.369 e. The summed E-state index contributed by atoms with van der Waals surface area (Å²) in [7, 11) is 0. The molecule has 4 rings (SSSR count). The Hall–Kier alpha value is -3.19.